The van der Waals surface area contributed by atoms with E-state index in [2.05, 4.69) is 134 Å². The van der Waals surface area contributed by atoms with Gasteiger partial charge in [0, 0.05) is 42.4 Å². The van der Waals surface area contributed by atoms with Crippen LogP contribution in [0, 0.1) is 0 Å². The Kier molecular flexibility index (Phi) is 5.21. The predicted molar refractivity (Wildman–Crippen MR) is 170 cm³/mol. The summed E-state index contributed by atoms with van der Waals surface area (Å²) in [6, 6.07) is 41.4. The van der Waals surface area contributed by atoms with Crippen LogP contribution in [0.15, 0.2) is 115 Å². The van der Waals surface area contributed by atoms with E-state index in [9.17, 15) is 0 Å². The minimum Gasteiger partial charge on any atom is -0.310 e. The fraction of sp³-hybridized carbons (Fsp3) is 0.0857. The first kappa shape index (κ1) is 23.6. The molecule has 0 atom stereocenters. The lowest BCUT2D eigenvalue weighted by Crippen LogP contribution is -2.30. The summed E-state index contributed by atoms with van der Waals surface area (Å²) in [7, 11) is 0. The third kappa shape index (κ3) is 3.55. The third-order valence-corrected chi connectivity index (χ3v) is 9.96. The van der Waals surface area contributed by atoms with Gasteiger partial charge in [-0.15, -0.1) is 11.3 Å². The number of hydrogen-bond acceptors (Lipinski definition) is 5. The van der Waals surface area contributed by atoms with Gasteiger partial charge < -0.3 is 4.90 Å². The molecule has 0 fully saturated rings. The van der Waals surface area contributed by atoms with E-state index in [-0.39, 0.29) is 5.41 Å². The summed E-state index contributed by atoms with van der Waals surface area (Å²) in [5, 5.41) is 3.48. The number of rotatable bonds is 3. The van der Waals surface area contributed by atoms with Crippen LogP contribution in [0.25, 0.3) is 42.1 Å². The van der Waals surface area contributed by atoms with Crippen LogP contribution in [0.3, 0.4) is 0 Å². The highest BCUT2D eigenvalue weighted by Gasteiger charge is 2.36. The van der Waals surface area contributed by atoms with Gasteiger partial charge in [-0.2, -0.15) is 4.37 Å². The second-order valence-corrected chi connectivity index (χ2v) is 12.6. The molecule has 0 saturated heterocycles. The van der Waals surface area contributed by atoms with E-state index in [1.165, 1.54) is 54.2 Å². The van der Waals surface area contributed by atoms with Crippen molar-refractivity contribution < 1.29 is 0 Å². The van der Waals surface area contributed by atoms with Gasteiger partial charge in [0.2, 0.25) is 0 Å². The van der Waals surface area contributed by atoms with Crippen LogP contribution in [0.2, 0.25) is 0 Å². The van der Waals surface area contributed by atoms with Crippen molar-refractivity contribution >= 4 is 60.1 Å². The molecule has 0 saturated carbocycles. The second-order valence-electron chi connectivity index (χ2n) is 10.8. The van der Waals surface area contributed by atoms with Gasteiger partial charge in [-0.1, -0.05) is 80.6 Å². The SMILES string of the molecule is CC1(C)c2ccccc2N(c2cccc(-c3nc(-c4ccc5sc6ccccc6c5c4)ns3)c2)c2ccccc21. The lowest BCUT2D eigenvalue weighted by Gasteiger charge is -2.42. The third-order valence-electron chi connectivity index (χ3n) is 8.05. The highest BCUT2D eigenvalue weighted by Crippen LogP contribution is 2.51. The first-order valence-corrected chi connectivity index (χ1v) is 15.0. The zero-order chi connectivity index (χ0) is 26.8. The highest BCUT2D eigenvalue weighted by atomic mass is 32.1. The minimum atomic E-state index is -0.0791. The van der Waals surface area contributed by atoms with E-state index >= 15 is 0 Å². The van der Waals surface area contributed by atoms with Gasteiger partial charge in [-0.3, -0.25) is 0 Å². The fourth-order valence-electron chi connectivity index (χ4n) is 6.05. The highest BCUT2D eigenvalue weighted by molar-refractivity contribution is 7.25. The Balaban J connectivity index is 1.21. The van der Waals surface area contributed by atoms with Crippen LogP contribution in [0.4, 0.5) is 17.1 Å². The lowest BCUT2D eigenvalue weighted by molar-refractivity contribution is 0.632. The first-order valence-electron chi connectivity index (χ1n) is 13.4. The van der Waals surface area contributed by atoms with Crippen molar-refractivity contribution in [1.82, 2.24) is 9.36 Å². The summed E-state index contributed by atoms with van der Waals surface area (Å²) in [5.41, 5.74) is 8.26. The van der Waals surface area contributed by atoms with Crippen LogP contribution in [-0.4, -0.2) is 9.36 Å². The number of benzene rings is 5. The largest absolute Gasteiger partial charge is 0.310 e. The Morgan fingerprint density at radius 3 is 2.12 bits per heavy atom. The van der Waals surface area contributed by atoms with Gasteiger partial charge in [0.1, 0.15) is 5.01 Å². The molecule has 0 aliphatic carbocycles. The first-order chi connectivity index (χ1) is 19.6. The van der Waals surface area contributed by atoms with E-state index in [1.807, 2.05) is 11.3 Å². The Bertz CT molecular complexity index is 2020. The summed E-state index contributed by atoms with van der Waals surface area (Å²) < 4.78 is 7.39. The molecule has 0 bridgehead atoms. The van der Waals surface area contributed by atoms with Crippen LogP contribution >= 0.6 is 22.9 Å². The van der Waals surface area contributed by atoms with Crippen LogP contribution in [0.5, 0.6) is 0 Å². The number of thiophene rings is 1. The molecule has 1 aliphatic heterocycles. The fourth-order valence-corrected chi connectivity index (χ4v) is 7.81. The molecule has 0 radical (unpaired) electrons. The molecule has 7 aromatic rings. The molecule has 5 aromatic carbocycles. The minimum absolute atomic E-state index is 0.0791. The summed E-state index contributed by atoms with van der Waals surface area (Å²) >= 11 is 3.29. The molecular weight excluding hydrogens is 527 g/mol. The normalized spacial score (nSPS) is 13.9. The molecule has 5 heteroatoms. The smallest absolute Gasteiger partial charge is 0.173 e. The number of anilines is 3. The number of hydrogen-bond donors (Lipinski definition) is 0. The Morgan fingerprint density at radius 1 is 0.625 bits per heavy atom. The monoisotopic (exact) mass is 551 g/mol. The Hall–Kier alpha value is -4.32. The second kappa shape index (κ2) is 8.85. The van der Waals surface area contributed by atoms with Crippen molar-refractivity contribution in [2.45, 2.75) is 19.3 Å². The average molecular weight is 552 g/mol. The number of fused-ring (bicyclic) bond motifs is 5. The van der Waals surface area contributed by atoms with Crippen molar-refractivity contribution in [2.75, 3.05) is 4.90 Å². The summed E-state index contributed by atoms with van der Waals surface area (Å²) in [4.78, 5) is 7.40. The molecule has 0 amide bonds. The van der Waals surface area contributed by atoms with Gasteiger partial charge in [-0.05, 0) is 71.2 Å². The Morgan fingerprint density at radius 2 is 1.32 bits per heavy atom. The van der Waals surface area contributed by atoms with Crippen LogP contribution in [0.1, 0.15) is 25.0 Å². The van der Waals surface area contributed by atoms with Crippen molar-refractivity contribution in [3.63, 3.8) is 0 Å². The lowest BCUT2D eigenvalue weighted by atomic mass is 9.73. The van der Waals surface area contributed by atoms with E-state index < -0.39 is 0 Å². The van der Waals surface area contributed by atoms with Crippen molar-refractivity contribution in [1.29, 1.82) is 0 Å². The van der Waals surface area contributed by atoms with Crippen LogP contribution in [-0.2, 0) is 5.41 Å². The molecular formula is C35H25N3S2. The molecule has 0 N–H and O–H groups in total. The summed E-state index contributed by atoms with van der Waals surface area (Å²) in [6.45, 7) is 4.63. The quantitative estimate of drug-likeness (QED) is 0.219. The van der Waals surface area contributed by atoms with Gasteiger partial charge in [0.05, 0.1) is 11.4 Å². The molecule has 40 heavy (non-hydrogen) atoms. The van der Waals surface area contributed by atoms with E-state index in [1.54, 1.807) is 0 Å². The zero-order valence-electron chi connectivity index (χ0n) is 22.1. The molecule has 0 unspecified atom stereocenters. The Labute approximate surface area is 241 Å². The number of para-hydroxylation sites is 2. The van der Waals surface area contributed by atoms with Gasteiger partial charge in [-0.25, -0.2) is 4.98 Å². The molecule has 192 valence electrons. The van der Waals surface area contributed by atoms with Crippen molar-refractivity contribution in [2.24, 2.45) is 0 Å². The number of nitrogens with zero attached hydrogens (tertiary/aromatic N) is 3. The predicted octanol–water partition coefficient (Wildman–Crippen LogP) is 10.3. The molecule has 0 spiro atoms. The topological polar surface area (TPSA) is 29.0 Å². The molecule has 3 heterocycles. The maximum absolute atomic E-state index is 5.01. The van der Waals surface area contributed by atoms with Crippen molar-refractivity contribution in [3.05, 3.63) is 126 Å². The maximum atomic E-state index is 5.01. The molecule has 8 rings (SSSR count). The van der Waals surface area contributed by atoms with Gasteiger partial charge >= 0.3 is 0 Å². The number of aromatic nitrogens is 2. The molecule has 2 aromatic heterocycles. The van der Waals surface area contributed by atoms with Gasteiger partial charge in [0.15, 0.2) is 5.82 Å². The zero-order valence-corrected chi connectivity index (χ0v) is 23.8. The van der Waals surface area contributed by atoms with E-state index in [0.717, 1.165) is 27.6 Å². The summed E-state index contributed by atoms with van der Waals surface area (Å²) in [5.74, 6) is 0.776. The molecule has 3 nitrogen and oxygen atoms in total. The maximum Gasteiger partial charge on any atom is 0.173 e. The van der Waals surface area contributed by atoms with E-state index in [4.69, 9.17) is 9.36 Å². The average Bonchev–Trinajstić information content (AvgIpc) is 3.63. The van der Waals surface area contributed by atoms with Gasteiger partial charge in [0.25, 0.3) is 0 Å². The molecule has 1 aliphatic rings. The summed E-state index contributed by atoms with van der Waals surface area (Å²) in [6.07, 6.45) is 0. The van der Waals surface area contributed by atoms with Crippen LogP contribution < -0.4 is 4.90 Å². The van der Waals surface area contributed by atoms with Crippen molar-refractivity contribution in [3.8, 4) is 22.0 Å². The standard InChI is InChI=1S/C35H25N3S2/c1-35(2)27-13-4-6-15-29(27)38(30-16-7-5-14-28(30)35)24-11-9-10-23(20-24)34-36-33(37-40-34)22-18-19-32-26(21-22)25-12-3-8-17-31(25)39-32/h3-21H,1-2H3. The van der Waals surface area contributed by atoms with E-state index in [0.29, 0.717) is 0 Å².